The van der Waals surface area contributed by atoms with Crippen molar-refractivity contribution >= 4 is 53.6 Å². The van der Waals surface area contributed by atoms with Crippen molar-refractivity contribution in [2.75, 3.05) is 14.2 Å². The van der Waals surface area contributed by atoms with Gasteiger partial charge in [0.15, 0.2) is 11.2 Å². The van der Waals surface area contributed by atoms with Crippen LogP contribution in [0.3, 0.4) is 0 Å². The second-order valence-corrected chi connectivity index (χ2v) is 22.9. The molecule has 2 unspecified atom stereocenters. The third kappa shape index (κ3) is 6.53. The molecule has 2 heterocycles. The zero-order valence-corrected chi connectivity index (χ0v) is 43.9. The molecule has 0 fully saturated rings. The van der Waals surface area contributed by atoms with Gasteiger partial charge in [0.25, 0.3) is 0 Å². The Hall–Kier alpha value is -8.38. The molecule has 10 aromatic rings. The molecule has 2 atom stereocenters. The van der Waals surface area contributed by atoms with Gasteiger partial charge in [0.1, 0.15) is 32.5 Å². The Labute approximate surface area is 441 Å². The number of hydrogen-bond donors (Lipinski definition) is 0. The van der Waals surface area contributed by atoms with Crippen molar-refractivity contribution in [1.82, 2.24) is 0 Å². The molecule has 75 heavy (non-hydrogen) atoms. The summed E-state index contributed by atoms with van der Waals surface area (Å²) in [6.07, 6.45) is 9.21. The average molecular weight is 987 g/mol. The number of fused-ring (bicyclic) bond motifs is 16. The maximum atomic E-state index is 7.63. The molecule has 0 saturated carbocycles. The van der Waals surface area contributed by atoms with Gasteiger partial charge in [-0.3, -0.25) is 0 Å². The first-order chi connectivity index (χ1) is 36.5. The predicted molar refractivity (Wildman–Crippen MR) is 308 cm³/mol. The van der Waals surface area contributed by atoms with Crippen molar-refractivity contribution in [2.45, 2.75) is 49.7 Å². The summed E-state index contributed by atoms with van der Waals surface area (Å²) in [5.74, 6) is 3.43. The maximum Gasteiger partial charge on any atom is 0.178 e. The van der Waals surface area contributed by atoms with Crippen LogP contribution in [0.4, 0.5) is 0 Å². The van der Waals surface area contributed by atoms with E-state index in [1.807, 2.05) is 24.3 Å². The van der Waals surface area contributed by atoms with E-state index in [2.05, 4.69) is 222 Å². The molecule has 2 aliphatic carbocycles. The van der Waals surface area contributed by atoms with Crippen molar-refractivity contribution in [1.29, 1.82) is 0 Å². The molecule has 0 amide bonds. The Balaban J connectivity index is 0.828. The third-order valence-electron chi connectivity index (χ3n) is 16.8. The number of hydrogen-bond acceptors (Lipinski definition) is 4. The molecule has 5 heteroatoms. The van der Waals surface area contributed by atoms with Crippen molar-refractivity contribution in [3.63, 3.8) is 0 Å². The standard InChI is InChI=1S/C70H54O4Si/c1-67(2)59-21-13-11-19-55(59)61-51-15-7-9-17-53(51)65-57(63(61)67)39-41-69(73-65,43-23-31-47(71-5)32-24-43)45-27-35-49(36-28-45)75-50-37-29-46(30-38-50)70(44-25-33-48(72-6)34-26-44)42-40-58-64-62(52-16-8-10-18-54(52)66(58)74-70)56-20-12-14-22-60(56)68(64,3)4/h7-42H,1-6H3. The minimum atomic E-state index is -0.901. The van der Waals surface area contributed by atoms with Crippen molar-refractivity contribution in [2.24, 2.45) is 0 Å². The highest BCUT2D eigenvalue weighted by molar-refractivity contribution is 6.67. The molecule has 2 radical (unpaired) electrons. The van der Waals surface area contributed by atoms with Crippen molar-refractivity contribution in [3.8, 4) is 45.3 Å². The number of benzene rings is 10. The van der Waals surface area contributed by atoms with Crippen LogP contribution >= 0.6 is 0 Å². The minimum Gasteiger partial charge on any atom is -0.497 e. The summed E-state index contributed by atoms with van der Waals surface area (Å²) in [7, 11) is 3.85. The smallest absolute Gasteiger partial charge is 0.178 e. The van der Waals surface area contributed by atoms with E-state index >= 15 is 0 Å². The van der Waals surface area contributed by atoms with E-state index in [1.165, 1.54) is 65.7 Å². The fraction of sp³-hybridized carbons (Fsp3) is 0.143. The highest BCUT2D eigenvalue weighted by Crippen LogP contribution is 2.60. The van der Waals surface area contributed by atoms with Crippen molar-refractivity contribution in [3.05, 3.63) is 262 Å². The maximum absolute atomic E-state index is 7.63. The molecule has 2 aliphatic heterocycles. The van der Waals surface area contributed by atoms with Crippen LogP contribution in [0, 0.1) is 0 Å². The Morgan fingerprint density at radius 1 is 0.373 bits per heavy atom. The topological polar surface area (TPSA) is 36.9 Å². The molecule has 4 nitrogen and oxygen atoms in total. The van der Waals surface area contributed by atoms with Gasteiger partial charge in [-0.25, -0.2) is 0 Å². The van der Waals surface area contributed by atoms with Gasteiger partial charge in [0, 0.05) is 55.0 Å². The van der Waals surface area contributed by atoms with Gasteiger partial charge in [0.2, 0.25) is 0 Å². The predicted octanol–water partition coefficient (Wildman–Crippen LogP) is 15.0. The van der Waals surface area contributed by atoms with Crippen LogP contribution in [-0.4, -0.2) is 23.7 Å². The first kappa shape index (κ1) is 45.2. The number of ether oxygens (including phenoxy) is 4. The van der Waals surface area contributed by atoms with Crippen LogP contribution in [0.2, 0.25) is 0 Å². The molecule has 10 aromatic carbocycles. The Kier molecular flexibility index (Phi) is 9.99. The van der Waals surface area contributed by atoms with E-state index in [0.29, 0.717) is 9.52 Å². The van der Waals surface area contributed by atoms with Crippen LogP contribution in [0.1, 0.15) is 83.3 Å². The quantitative estimate of drug-likeness (QED) is 0.142. The lowest BCUT2D eigenvalue weighted by Gasteiger charge is -2.38. The van der Waals surface area contributed by atoms with Gasteiger partial charge in [-0.15, -0.1) is 0 Å². The first-order valence-electron chi connectivity index (χ1n) is 26.0. The zero-order valence-electron chi connectivity index (χ0n) is 42.9. The highest BCUT2D eigenvalue weighted by atomic mass is 28.2. The second kappa shape index (κ2) is 16.6. The Morgan fingerprint density at radius 3 is 1.08 bits per heavy atom. The lowest BCUT2D eigenvalue weighted by Crippen LogP contribution is -2.36. The van der Waals surface area contributed by atoms with E-state index in [9.17, 15) is 0 Å². The molecule has 0 aromatic heterocycles. The van der Waals surface area contributed by atoms with E-state index in [1.54, 1.807) is 14.2 Å². The van der Waals surface area contributed by atoms with E-state index in [-0.39, 0.29) is 10.8 Å². The summed E-state index contributed by atoms with van der Waals surface area (Å²) in [5.41, 5.74) is 14.8. The average Bonchev–Trinajstić information content (AvgIpc) is 3.88. The summed E-state index contributed by atoms with van der Waals surface area (Å²) < 4.78 is 26.6. The highest BCUT2D eigenvalue weighted by Gasteiger charge is 2.46. The summed E-state index contributed by atoms with van der Waals surface area (Å²) in [4.78, 5) is 0. The monoisotopic (exact) mass is 986 g/mol. The Bertz CT molecular complexity index is 3770. The van der Waals surface area contributed by atoms with Crippen LogP contribution in [0.5, 0.6) is 23.0 Å². The zero-order chi connectivity index (χ0) is 50.8. The molecular formula is C70H54O4Si. The number of methoxy groups -OCH3 is 2. The van der Waals surface area contributed by atoms with Gasteiger partial charge in [-0.05, 0) is 91.7 Å². The number of rotatable bonds is 8. The van der Waals surface area contributed by atoms with E-state index < -0.39 is 11.2 Å². The fourth-order valence-corrected chi connectivity index (χ4v) is 14.2. The van der Waals surface area contributed by atoms with Crippen molar-refractivity contribution < 1.29 is 18.9 Å². The van der Waals surface area contributed by atoms with Gasteiger partial charge < -0.3 is 18.9 Å². The summed E-state index contributed by atoms with van der Waals surface area (Å²) in [6, 6.07) is 70.0. The lowest BCUT2D eigenvalue weighted by atomic mass is 9.77. The first-order valence-corrected chi connectivity index (χ1v) is 27.0. The molecule has 0 saturated heterocycles. The van der Waals surface area contributed by atoms with Gasteiger partial charge in [-0.2, -0.15) is 0 Å². The van der Waals surface area contributed by atoms with Gasteiger partial charge in [-0.1, -0.05) is 220 Å². The molecule has 4 aliphatic rings. The molecular weight excluding hydrogens is 933 g/mol. The van der Waals surface area contributed by atoms with Crippen LogP contribution in [0.15, 0.2) is 206 Å². The second-order valence-electron chi connectivity index (χ2n) is 21.5. The normalized spacial score (nSPS) is 18.7. The molecule has 0 N–H and O–H groups in total. The summed E-state index contributed by atoms with van der Waals surface area (Å²) in [5, 5.41) is 7.11. The summed E-state index contributed by atoms with van der Waals surface area (Å²) >= 11 is 0. The molecule has 14 rings (SSSR count). The van der Waals surface area contributed by atoms with Gasteiger partial charge in [0.05, 0.1) is 14.2 Å². The van der Waals surface area contributed by atoms with Crippen LogP contribution in [0.25, 0.3) is 56.0 Å². The summed E-state index contributed by atoms with van der Waals surface area (Å²) in [6.45, 7) is 9.40. The van der Waals surface area contributed by atoms with E-state index in [0.717, 1.165) is 67.2 Å². The van der Waals surface area contributed by atoms with Crippen LogP contribution in [-0.2, 0) is 22.0 Å². The third-order valence-corrected chi connectivity index (χ3v) is 18.1. The minimum absolute atomic E-state index is 0.212. The molecule has 0 bridgehead atoms. The molecule has 362 valence electrons. The fourth-order valence-electron chi connectivity index (χ4n) is 13.2. The van der Waals surface area contributed by atoms with Crippen LogP contribution < -0.4 is 29.3 Å². The largest absolute Gasteiger partial charge is 0.497 e. The molecule has 0 spiro atoms. The van der Waals surface area contributed by atoms with E-state index in [4.69, 9.17) is 18.9 Å². The SMILES string of the molecule is COc1ccc(C2(c3ccc([Si]c4ccc(C5(c6ccc(OC)cc6)C=Cc6c7c(c8ccccc8c6O5)-c5ccccc5C7(C)C)cc4)cc3)C=Cc3c4c(c5ccccc5c3O2)-c2ccccc2C4(C)C)cc1. The Morgan fingerprint density at radius 2 is 0.707 bits per heavy atom. The lowest BCUT2D eigenvalue weighted by molar-refractivity contribution is 0.163. The van der Waals surface area contributed by atoms with Gasteiger partial charge >= 0.3 is 0 Å².